The fourth-order valence-corrected chi connectivity index (χ4v) is 4.75. The van der Waals surface area contributed by atoms with E-state index in [1.54, 1.807) is 13.8 Å². The first-order valence-electron chi connectivity index (χ1n) is 8.52. The van der Waals surface area contributed by atoms with Crippen molar-refractivity contribution in [2.45, 2.75) is 45.7 Å². The smallest absolute Gasteiger partial charge is 0.272 e. The second-order valence-electron chi connectivity index (χ2n) is 6.63. The lowest BCUT2D eigenvalue weighted by Crippen LogP contribution is -2.71. The van der Waals surface area contributed by atoms with Crippen molar-refractivity contribution in [3.05, 3.63) is 38.0 Å². The van der Waals surface area contributed by atoms with Gasteiger partial charge >= 0.3 is 0 Å². The Morgan fingerprint density at radius 2 is 2.04 bits per heavy atom. The molecule has 0 aliphatic carbocycles. The number of aromatic nitrogens is 1. The van der Waals surface area contributed by atoms with Crippen molar-refractivity contribution in [1.29, 1.82) is 0 Å². The van der Waals surface area contributed by atoms with Gasteiger partial charge in [0, 0.05) is 17.7 Å². The molecule has 2 amide bonds. The van der Waals surface area contributed by atoms with Crippen LogP contribution in [0.15, 0.2) is 28.0 Å². The zero-order valence-corrected chi connectivity index (χ0v) is 17.8. The number of rotatable bonds is 5. The molecule has 2 aliphatic heterocycles. The minimum absolute atomic E-state index is 0.00396. The van der Waals surface area contributed by atoms with Crippen LogP contribution in [0.4, 0.5) is 0 Å². The Morgan fingerprint density at radius 3 is 2.57 bits per heavy atom. The van der Waals surface area contributed by atoms with E-state index in [9.17, 15) is 14.4 Å². The first-order chi connectivity index (χ1) is 13.1. The van der Waals surface area contributed by atoms with E-state index in [0.29, 0.717) is 32.9 Å². The molecule has 148 valence electrons. The average Bonchev–Trinajstić information content (AvgIpc) is 2.94. The Balaban J connectivity index is 1.85. The number of ketones is 1. The van der Waals surface area contributed by atoms with Crippen LogP contribution in [0, 0.1) is 6.92 Å². The van der Waals surface area contributed by atoms with Crippen molar-refractivity contribution < 1.29 is 14.4 Å². The van der Waals surface area contributed by atoms with Gasteiger partial charge in [0.05, 0.1) is 11.0 Å². The largest absolute Gasteiger partial charge is 0.337 e. The third-order valence-electron chi connectivity index (χ3n) is 4.43. The summed E-state index contributed by atoms with van der Waals surface area (Å²) in [6.45, 7) is 8.48. The number of allylic oxidation sites excluding steroid dienone is 3. The molecule has 3 heterocycles. The summed E-state index contributed by atoms with van der Waals surface area (Å²) in [5.74, 6) is -1.23. The lowest BCUT2D eigenvalue weighted by molar-refractivity contribution is -0.152. The van der Waals surface area contributed by atoms with Crippen molar-refractivity contribution in [2.24, 2.45) is 4.99 Å². The fraction of sp³-hybridized carbons (Fsp3) is 0.389. The average molecular weight is 441 g/mol. The minimum Gasteiger partial charge on any atom is -0.337 e. The summed E-state index contributed by atoms with van der Waals surface area (Å²) >= 11 is 13.6. The number of hydrogen-bond acceptors (Lipinski definition) is 6. The number of amides is 2. The molecule has 28 heavy (non-hydrogen) atoms. The maximum Gasteiger partial charge on any atom is 0.272 e. The van der Waals surface area contributed by atoms with Gasteiger partial charge in [-0.2, -0.15) is 0 Å². The standard InChI is InChI=1S/C18H18Cl2N4O3S/c1-7(2)21-14(13-16(20)28-9(4)22-13)17(26)23-12-11-6-5-10(19)15(8(3)25)24(11)18(12)27/h11-12H,1,5-6H2,2-4H3,(H,23,26). The molecule has 2 atom stereocenters. The molecule has 0 spiro atoms. The second-order valence-corrected chi connectivity index (χ2v) is 8.89. The van der Waals surface area contributed by atoms with Crippen LogP contribution in [0.1, 0.15) is 37.4 Å². The number of β-lactam (4-membered cyclic amide) rings is 1. The van der Waals surface area contributed by atoms with Gasteiger partial charge in [-0.15, -0.1) is 11.3 Å². The number of aliphatic imine (C=N–C) groups is 1. The lowest BCUT2D eigenvalue weighted by atomic mass is 9.85. The van der Waals surface area contributed by atoms with Crippen LogP contribution in [0.5, 0.6) is 0 Å². The first-order valence-corrected chi connectivity index (χ1v) is 10.1. The number of Topliss-reactive ketones (excluding diaryl/α,β-unsaturated/α-hetero) is 1. The van der Waals surface area contributed by atoms with Crippen molar-refractivity contribution in [2.75, 3.05) is 0 Å². The van der Waals surface area contributed by atoms with Crippen LogP contribution >= 0.6 is 34.5 Å². The number of carbonyl (C=O) groups excluding carboxylic acids is 3. The summed E-state index contributed by atoms with van der Waals surface area (Å²) in [6, 6.07) is -1.09. The van der Waals surface area contributed by atoms with Crippen LogP contribution in [0.2, 0.25) is 4.34 Å². The molecule has 2 aliphatic rings. The molecule has 0 aromatic carbocycles. The molecule has 3 rings (SSSR count). The zero-order valence-electron chi connectivity index (χ0n) is 15.5. The van der Waals surface area contributed by atoms with E-state index in [1.165, 1.54) is 23.2 Å². The van der Waals surface area contributed by atoms with Crippen molar-refractivity contribution in [3.8, 4) is 0 Å². The highest BCUT2D eigenvalue weighted by Crippen LogP contribution is 2.38. The summed E-state index contributed by atoms with van der Waals surface area (Å²) in [7, 11) is 0. The van der Waals surface area contributed by atoms with E-state index >= 15 is 0 Å². The van der Waals surface area contributed by atoms with Gasteiger partial charge in [0.15, 0.2) is 11.5 Å². The number of hydrogen-bond donors (Lipinski definition) is 1. The Kier molecular flexibility index (Phi) is 5.74. The predicted molar refractivity (Wildman–Crippen MR) is 109 cm³/mol. The highest BCUT2D eigenvalue weighted by molar-refractivity contribution is 7.16. The highest BCUT2D eigenvalue weighted by atomic mass is 35.5. The number of carbonyl (C=O) groups is 3. The Labute approximate surface area is 176 Å². The summed E-state index contributed by atoms with van der Waals surface area (Å²) in [5, 5.41) is 3.76. The third-order valence-corrected chi connectivity index (χ3v) is 5.97. The minimum atomic E-state index is -0.763. The van der Waals surface area contributed by atoms with Gasteiger partial charge < -0.3 is 10.2 Å². The SMILES string of the molecule is C=C(C)N=C(C(=O)NC1C(=O)N2C(C(C)=O)=C(Cl)CCC12)c1nc(C)sc1Cl. The molecular formula is C18H18Cl2N4O3S. The van der Waals surface area contributed by atoms with Gasteiger partial charge in [-0.1, -0.05) is 29.8 Å². The van der Waals surface area contributed by atoms with Crippen LogP contribution in [-0.4, -0.2) is 45.3 Å². The van der Waals surface area contributed by atoms with Crippen LogP contribution in [0.25, 0.3) is 0 Å². The van der Waals surface area contributed by atoms with Crippen molar-refractivity contribution in [3.63, 3.8) is 0 Å². The number of nitrogens with one attached hydrogen (secondary N) is 1. The third kappa shape index (κ3) is 3.64. The van der Waals surface area contributed by atoms with Gasteiger partial charge in [-0.25, -0.2) is 9.98 Å². The predicted octanol–water partition coefficient (Wildman–Crippen LogP) is 2.96. The quantitative estimate of drug-likeness (QED) is 0.562. The molecule has 2 unspecified atom stereocenters. The highest BCUT2D eigenvalue weighted by Gasteiger charge is 2.52. The lowest BCUT2D eigenvalue weighted by Gasteiger charge is -2.50. The summed E-state index contributed by atoms with van der Waals surface area (Å²) in [4.78, 5) is 47.2. The van der Waals surface area contributed by atoms with Crippen molar-refractivity contribution >= 4 is 57.8 Å². The number of fused-ring (bicyclic) bond motifs is 1. The molecule has 1 aromatic heterocycles. The molecule has 10 heteroatoms. The molecule has 1 aromatic rings. The molecule has 7 nitrogen and oxygen atoms in total. The van der Waals surface area contributed by atoms with E-state index in [1.807, 2.05) is 0 Å². The fourth-order valence-electron chi connectivity index (χ4n) is 3.32. The summed E-state index contributed by atoms with van der Waals surface area (Å²) < 4.78 is 0.334. The number of nitrogens with zero attached hydrogens (tertiary/aromatic N) is 3. The van der Waals surface area contributed by atoms with E-state index in [0.717, 1.165) is 0 Å². The number of halogens is 2. The number of aryl methyl sites for hydroxylation is 1. The topological polar surface area (TPSA) is 91.7 Å². The van der Waals surface area contributed by atoms with Crippen molar-refractivity contribution in [1.82, 2.24) is 15.2 Å². The molecule has 0 radical (unpaired) electrons. The normalized spacial score (nSPS) is 22.0. The zero-order chi connectivity index (χ0) is 20.7. The van der Waals surface area contributed by atoms with Crippen LogP contribution < -0.4 is 5.32 Å². The van der Waals surface area contributed by atoms with Crippen LogP contribution in [0.3, 0.4) is 0 Å². The second kappa shape index (κ2) is 7.77. The number of thiazole rings is 1. The summed E-state index contributed by atoms with van der Waals surface area (Å²) in [5.41, 5.74) is 0.871. The molecule has 1 saturated heterocycles. The molecule has 1 N–H and O–H groups in total. The Morgan fingerprint density at radius 1 is 1.36 bits per heavy atom. The summed E-state index contributed by atoms with van der Waals surface area (Å²) in [6.07, 6.45) is 1.02. The Bertz CT molecular complexity index is 966. The van der Waals surface area contributed by atoms with Gasteiger partial charge in [-0.3, -0.25) is 14.4 Å². The Hall–Kier alpha value is -2.03. The first kappa shape index (κ1) is 20.7. The maximum atomic E-state index is 12.9. The van der Waals surface area contributed by atoms with Gasteiger partial charge in [-0.05, 0) is 26.7 Å². The molecular weight excluding hydrogens is 423 g/mol. The van der Waals surface area contributed by atoms with E-state index in [-0.39, 0.29) is 34.8 Å². The monoisotopic (exact) mass is 440 g/mol. The van der Waals surface area contributed by atoms with E-state index in [4.69, 9.17) is 23.2 Å². The van der Waals surface area contributed by atoms with E-state index in [2.05, 4.69) is 21.9 Å². The van der Waals surface area contributed by atoms with Crippen LogP contribution in [-0.2, 0) is 14.4 Å². The van der Waals surface area contributed by atoms with Gasteiger partial charge in [0.1, 0.15) is 21.8 Å². The molecule has 1 fully saturated rings. The van der Waals surface area contributed by atoms with Gasteiger partial charge in [0.25, 0.3) is 11.8 Å². The maximum absolute atomic E-state index is 12.9. The molecule has 0 saturated carbocycles. The van der Waals surface area contributed by atoms with E-state index < -0.39 is 11.9 Å². The molecule has 0 bridgehead atoms. The van der Waals surface area contributed by atoms with Gasteiger partial charge in [0.2, 0.25) is 0 Å².